The second-order valence-corrected chi connectivity index (χ2v) is 4.65. The van der Waals surface area contributed by atoms with Gasteiger partial charge in [-0.25, -0.2) is 4.39 Å². The second kappa shape index (κ2) is 5.72. The zero-order valence-electron chi connectivity index (χ0n) is 10.6. The van der Waals surface area contributed by atoms with Crippen molar-refractivity contribution in [2.24, 2.45) is 0 Å². The number of aryl methyl sites for hydroxylation is 1. The fourth-order valence-corrected chi connectivity index (χ4v) is 1.92. The van der Waals surface area contributed by atoms with Gasteiger partial charge in [-0.05, 0) is 42.8 Å². The monoisotopic (exact) mass is 288 g/mol. The average molecular weight is 289 g/mol. The lowest BCUT2D eigenvalue weighted by atomic mass is 10.1. The summed E-state index contributed by atoms with van der Waals surface area (Å²) in [5, 5.41) is 12.0. The van der Waals surface area contributed by atoms with Crippen LogP contribution >= 0.6 is 11.6 Å². The van der Waals surface area contributed by atoms with Gasteiger partial charge < -0.3 is 5.32 Å². The van der Waals surface area contributed by atoms with Crippen molar-refractivity contribution in [3.05, 3.63) is 63.9 Å². The molecule has 0 aromatic heterocycles. The van der Waals surface area contributed by atoms with Crippen molar-refractivity contribution >= 4 is 23.2 Å². The Bertz CT molecular complexity index is 722. The van der Waals surface area contributed by atoms with E-state index in [1.165, 1.54) is 12.1 Å². The minimum absolute atomic E-state index is 0.0676. The van der Waals surface area contributed by atoms with Gasteiger partial charge in [-0.1, -0.05) is 17.7 Å². The highest BCUT2D eigenvalue weighted by molar-refractivity contribution is 6.31. The molecule has 0 atom stereocenters. The normalized spacial score (nSPS) is 9.90. The van der Waals surface area contributed by atoms with Crippen LogP contribution < -0.4 is 5.32 Å². The molecular formula is C15H10ClFN2O. The van der Waals surface area contributed by atoms with E-state index in [1.54, 1.807) is 25.1 Å². The van der Waals surface area contributed by atoms with E-state index >= 15 is 0 Å². The third-order valence-corrected chi connectivity index (χ3v) is 3.03. The first kappa shape index (κ1) is 14.0. The maximum atomic E-state index is 13.0. The molecule has 0 bridgehead atoms. The highest BCUT2D eigenvalue weighted by Gasteiger charge is 2.12. The number of nitrogens with zero attached hydrogens (tertiary/aromatic N) is 1. The number of carbonyl (C=O) groups excluding carboxylic acids is 1. The van der Waals surface area contributed by atoms with Gasteiger partial charge in [0.05, 0.1) is 11.3 Å². The average Bonchev–Trinajstić information content (AvgIpc) is 2.43. The number of benzene rings is 2. The summed E-state index contributed by atoms with van der Waals surface area (Å²) < 4.78 is 13.0. The predicted octanol–water partition coefficient (Wildman–Crippen LogP) is 3.91. The zero-order valence-corrected chi connectivity index (χ0v) is 11.3. The van der Waals surface area contributed by atoms with Crippen LogP contribution in [0.2, 0.25) is 5.02 Å². The number of rotatable bonds is 2. The highest BCUT2D eigenvalue weighted by atomic mass is 35.5. The van der Waals surface area contributed by atoms with Crippen molar-refractivity contribution < 1.29 is 9.18 Å². The first-order valence-corrected chi connectivity index (χ1v) is 6.16. The highest BCUT2D eigenvalue weighted by Crippen LogP contribution is 2.20. The summed E-state index contributed by atoms with van der Waals surface area (Å²) in [4.78, 5) is 12.2. The topological polar surface area (TPSA) is 52.9 Å². The van der Waals surface area contributed by atoms with Gasteiger partial charge in [0.2, 0.25) is 0 Å². The van der Waals surface area contributed by atoms with Crippen LogP contribution in [0.25, 0.3) is 0 Å². The van der Waals surface area contributed by atoms with Gasteiger partial charge in [0, 0.05) is 10.6 Å². The molecule has 0 aliphatic heterocycles. The lowest BCUT2D eigenvalue weighted by Gasteiger charge is -2.09. The molecule has 3 nitrogen and oxygen atoms in total. The molecule has 0 fully saturated rings. The van der Waals surface area contributed by atoms with Crippen LogP contribution in [0.4, 0.5) is 10.1 Å². The van der Waals surface area contributed by atoms with Crippen LogP contribution in [0.1, 0.15) is 21.5 Å². The van der Waals surface area contributed by atoms with Gasteiger partial charge in [-0.3, -0.25) is 4.79 Å². The van der Waals surface area contributed by atoms with Crippen molar-refractivity contribution in [3.63, 3.8) is 0 Å². The molecule has 0 heterocycles. The van der Waals surface area contributed by atoms with E-state index in [2.05, 4.69) is 5.32 Å². The van der Waals surface area contributed by atoms with Crippen LogP contribution in [0.15, 0.2) is 36.4 Å². The Hall–Kier alpha value is -2.38. The van der Waals surface area contributed by atoms with Gasteiger partial charge in [0.1, 0.15) is 11.9 Å². The molecule has 1 amide bonds. The summed E-state index contributed by atoms with van der Waals surface area (Å²) in [5.74, 6) is -0.924. The maximum Gasteiger partial charge on any atom is 0.256 e. The van der Waals surface area contributed by atoms with Gasteiger partial charge in [-0.15, -0.1) is 0 Å². The second-order valence-electron chi connectivity index (χ2n) is 4.22. The van der Waals surface area contributed by atoms with Crippen LogP contribution in [0.3, 0.4) is 0 Å². The van der Waals surface area contributed by atoms with Crippen LogP contribution in [0.5, 0.6) is 0 Å². The number of halogens is 2. The molecule has 5 heteroatoms. The quantitative estimate of drug-likeness (QED) is 0.911. The maximum absolute atomic E-state index is 13.0. The van der Waals surface area contributed by atoms with Gasteiger partial charge in [-0.2, -0.15) is 5.26 Å². The van der Waals surface area contributed by atoms with Crippen molar-refractivity contribution in [3.8, 4) is 6.07 Å². The van der Waals surface area contributed by atoms with E-state index in [-0.39, 0.29) is 11.3 Å². The first-order chi connectivity index (χ1) is 9.51. The standard InChI is InChI=1S/C15H10ClFN2O/c1-9-2-3-11(16)7-13(9)15(20)19-14-5-4-12(17)6-10(14)8-18/h2-7H,1H3,(H,19,20). The Morgan fingerprint density at radius 1 is 1.30 bits per heavy atom. The fraction of sp³-hybridized carbons (Fsp3) is 0.0667. The Kier molecular flexibility index (Phi) is 4.02. The minimum atomic E-state index is -0.529. The van der Waals surface area contributed by atoms with E-state index in [0.29, 0.717) is 10.6 Å². The molecule has 1 N–H and O–H groups in total. The molecule has 0 saturated heterocycles. The van der Waals surface area contributed by atoms with Crippen LogP contribution in [-0.4, -0.2) is 5.91 Å². The molecule has 0 aliphatic carbocycles. The van der Waals surface area contributed by atoms with E-state index in [4.69, 9.17) is 16.9 Å². The Morgan fingerprint density at radius 2 is 2.05 bits per heavy atom. The molecule has 0 saturated carbocycles. The fourth-order valence-electron chi connectivity index (χ4n) is 1.75. The van der Waals surface area contributed by atoms with E-state index in [0.717, 1.165) is 11.6 Å². The van der Waals surface area contributed by atoms with Crippen LogP contribution in [0, 0.1) is 24.1 Å². The van der Waals surface area contributed by atoms with Crippen molar-refractivity contribution in [2.45, 2.75) is 6.92 Å². The molecule has 20 heavy (non-hydrogen) atoms. The number of anilines is 1. The summed E-state index contributed by atoms with van der Waals surface area (Å²) in [6.07, 6.45) is 0. The lowest BCUT2D eigenvalue weighted by Crippen LogP contribution is -2.14. The number of carbonyl (C=O) groups is 1. The molecule has 2 aromatic carbocycles. The molecule has 2 aromatic rings. The van der Waals surface area contributed by atoms with Crippen molar-refractivity contribution in [2.75, 3.05) is 5.32 Å². The smallest absolute Gasteiger partial charge is 0.256 e. The third kappa shape index (κ3) is 2.95. The largest absolute Gasteiger partial charge is 0.321 e. The summed E-state index contributed by atoms with van der Waals surface area (Å²) in [6.45, 7) is 1.78. The minimum Gasteiger partial charge on any atom is -0.321 e. The summed E-state index contributed by atoms with van der Waals surface area (Å²) >= 11 is 5.86. The Morgan fingerprint density at radius 3 is 2.75 bits per heavy atom. The lowest BCUT2D eigenvalue weighted by molar-refractivity contribution is 0.102. The Labute approximate surface area is 120 Å². The van der Waals surface area contributed by atoms with Gasteiger partial charge >= 0.3 is 0 Å². The number of hydrogen-bond acceptors (Lipinski definition) is 2. The number of nitrogens with one attached hydrogen (secondary N) is 1. The molecule has 0 unspecified atom stereocenters. The molecule has 0 aliphatic rings. The zero-order chi connectivity index (χ0) is 14.7. The number of hydrogen-bond donors (Lipinski definition) is 1. The first-order valence-electron chi connectivity index (χ1n) is 5.78. The predicted molar refractivity (Wildman–Crippen MR) is 75.3 cm³/mol. The van der Waals surface area contributed by atoms with Crippen molar-refractivity contribution in [1.29, 1.82) is 5.26 Å². The summed E-state index contributed by atoms with van der Waals surface area (Å²) in [6, 6.07) is 10.4. The SMILES string of the molecule is Cc1ccc(Cl)cc1C(=O)Nc1ccc(F)cc1C#N. The third-order valence-electron chi connectivity index (χ3n) is 2.79. The summed E-state index contributed by atoms with van der Waals surface area (Å²) in [5.41, 5.74) is 1.49. The molecular weight excluding hydrogens is 279 g/mol. The number of amides is 1. The molecule has 2 rings (SSSR count). The van der Waals surface area contributed by atoms with Crippen molar-refractivity contribution in [1.82, 2.24) is 0 Å². The molecule has 100 valence electrons. The summed E-state index contributed by atoms with van der Waals surface area (Å²) in [7, 11) is 0. The molecule has 0 spiro atoms. The van der Waals surface area contributed by atoms with Gasteiger partial charge in [0.25, 0.3) is 5.91 Å². The number of nitriles is 1. The van der Waals surface area contributed by atoms with Crippen LogP contribution in [-0.2, 0) is 0 Å². The van der Waals surface area contributed by atoms with E-state index in [1.807, 2.05) is 6.07 Å². The van der Waals surface area contributed by atoms with E-state index in [9.17, 15) is 9.18 Å². The Balaban J connectivity index is 2.33. The molecule has 0 radical (unpaired) electrons. The van der Waals surface area contributed by atoms with E-state index < -0.39 is 11.7 Å². The van der Waals surface area contributed by atoms with Gasteiger partial charge in [0.15, 0.2) is 0 Å².